The van der Waals surface area contributed by atoms with Gasteiger partial charge in [-0.2, -0.15) is 0 Å². The molecule has 0 radical (unpaired) electrons. The van der Waals surface area contributed by atoms with Crippen molar-refractivity contribution in [1.82, 2.24) is 10.2 Å². The maximum absolute atomic E-state index is 12.9. The van der Waals surface area contributed by atoms with Gasteiger partial charge in [0.15, 0.2) is 0 Å². The summed E-state index contributed by atoms with van der Waals surface area (Å²) in [4.78, 5) is 38.2. The summed E-state index contributed by atoms with van der Waals surface area (Å²) in [6.45, 7) is 1.94. The van der Waals surface area contributed by atoms with E-state index in [9.17, 15) is 14.4 Å². The van der Waals surface area contributed by atoms with Crippen molar-refractivity contribution in [3.8, 4) is 0 Å². The van der Waals surface area contributed by atoms with Crippen LogP contribution in [0.2, 0.25) is 0 Å². The van der Waals surface area contributed by atoms with Crippen LogP contribution in [-0.2, 0) is 16.1 Å². The van der Waals surface area contributed by atoms with E-state index in [-0.39, 0.29) is 29.6 Å². The number of anilines is 1. The van der Waals surface area contributed by atoms with Crippen LogP contribution in [0.25, 0.3) is 0 Å². The predicted octanol–water partition coefficient (Wildman–Crippen LogP) is 2.16. The number of nitrogens with zero attached hydrogens (tertiary/aromatic N) is 1. The van der Waals surface area contributed by atoms with Gasteiger partial charge in [-0.05, 0) is 49.8 Å². The smallest absolute Gasteiger partial charge is 0.255 e. The van der Waals surface area contributed by atoms with E-state index in [1.165, 1.54) is 32.1 Å². The third-order valence-electron chi connectivity index (χ3n) is 6.90. The van der Waals surface area contributed by atoms with Gasteiger partial charge in [-0.25, -0.2) is 0 Å². The molecule has 1 saturated heterocycles. The number of nitrogens with one attached hydrogen (secondary N) is 2. The molecule has 1 aromatic carbocycles. The molecule has 3 amide bonds. The minimum Gasteiger partial charge on any atom is -0.385 e. The first-order chi connectivity index (χ1) is 14.0. The monoisotopic (exact) mass is 398 g/mol. The van der Waals surface area contributed by atoms with Gasteiger partial charge in [-0.1, -0.05) is 25.3 Å². The van der Waals surface area contributed by atoms with Crippen LogP contribution in [0.1, 0.15) is 67.3 Å². The van der Waals surface area contributed by atoms with Gasteiger partial charge in [0.25, 0.3) is 5.91 Å². The minimum atomic E-state index is -0.580. The van der Waals surface area contributed by atoms with Crippen molar-refractivity contribution in [2.45, 2.75) is 64.0 Å². The van der Waals surface area contributed by atoms with E-state index in [4.69, 9.17) is 5.73 Å². The zero-order chi connectivity index (χ0) is 20.4. The highest BCUT2D eigenvalue weighted by molar-refractivity contribution is 6.06. The van der Waals surface area contributed by atoms with Gasteiger partial charge in [0, 0.05) is 36.3 Å². The van der Waals surface area contributed by atoms with Crippen LogP contribution in [0.5, 0.6) is 0 Å². The number of piperidine rings is 1. The van der Waals surface area contributed by atoms with Crippen LogP contribution in [0.15, 0.2) is 18.2 Å². The SMILES string of the molecule is NCC1(CCNc2cccc3c2CN(C2CCC(=O)NC2=O)C3=O)CCCCC1. The molecule has 0 aromatic heterocycles. The third-order valence-corrected chi connectivity index (χ3v) is 6.90. The maximum atomic E-state index is 12.9. The lowest BCUT2D eigenvalue weighted by atomic mass is 9.72. The van der Waals surface area contributed by atoms with E-state index in [0.29, 0.717) is 18.5 Å². The number of hydrogen-bond acceptors (Lipinski definition) is 5. The highest BCUT2D eigenvalue weighted by atomic mass is 16.2. The number of hydrogen-bond donors (Lipinski definition) is 3. The second-order valence-corrected chi connectivity index (χ2v) is 8.67. The number of benzene rings is 1. The number of rotatable bonds is 6. The van der Waals surface area contributed by atoms with Gasteiger partial charge in [0.2, 0.25) is 11.8 Å². The van der Waals surface area contributed by atoms with Crippen molar-refractivity contribution < 1.29 is 14.4 Å². The molecule has 3 aliphatic rings. The fourth-order valence-corrected chi connectivity index (χ4v) is 5.07. The second-order valence-electron chi connectivity index (χ2n) is 8.67. The zero-order valence-electron chi connectivity index (χ0n) is 16.8. The maximum Gasteiger partial charge on any atom is 0.255 e. The van der Waals surface area contributed by atoms with E-state index >= 15 is 0 Å². The largest absolute Gasteiger partial charge is 0.385 e. The van der Waals surface area contributed by atoms with E-state index in [1.54, 1.807) is 4.90 Å². The van der Waals surface area contributed by atoms with Crippen LogP contribution in [0.4, 0.5) is 5.69 Å². The summed E-state index contributed by atoms with van der Waals surface area (Å²) >= 11 is 0. The molecule has 2 heterocycles. The Labute approximate surface area is 171 Å². The van der Waals surface area contributed by atoms with Crippen molar-refractivity contribution in [3.63, 3.8) is 0 Å². The quantitative estimate of drug-likeness (QED) is 0.637. The second kappa shape index (κ2) is 8.14. The molecular formula is C22H30N4O3. The normalized spacial score (nSPS) is 23.7. The molecule has 0 bridgehead atoms. The van der Waals surface area contributed by atoms with E-state index < -0.39 is 6.04 Å². The number of carbonyl (C=O) groups excluding carboxylic acids is 3. The molecule has 2 aliphatic heterocycles. The molecule has 1 aromatic rings. The van der Waals surface area contributed by atoms with Gasteiger partial charge in [-0.15, -0.1) is 0 Å². The molecule has 4 rings (SSSR count). The van der Waals surface area contributed by atoms with E-state index in [0.717, 1.165) is 30.8 Å². The summed E-state index contributed by atoms with van der Waals surface area (Å²) in [6.07, 6.45) is 7.88. The Morgan fingerprint density at radius 1 is 1.17 bits per heavy atom. The minimum absolute atomic E-state index is 0.135. The molecule has 7 nitrogen and oxygen atoms in total. The van der Waals surface area contributed by atoms with E-state index in [1.807, 2.05) is 18.2 Å². The highest BCUT2D eigenvalue weighted by Crippen LogP contribution is 2.39. The predicted molar refractivity (Wildman–Crippen MR) is 110 cm³/mol. The zero-order valence-corrected chi connectivity index (χ0v) is 16.8. The van der Waals surface area contributed by atoms with Crippen molar-refractivity contribution in [3.05, 3.63) is 29.3 Å². The van der Waals surface area contributed by atoms with Crippen LogP contribution < -0.4 is 16.4 Å². The summed E-state index contributed by atoms with van der Waals surface area (Å²) < 4.78 is 0. The van der Waals surface area contributed by atoms with Gasteiger partial charge in [0.05, 0.1) is 0 Å². The Bertz CT molecular complexity index is 816. The fourth-order valence-electron chi connectivity index (χ4n) is 5.07. The first-order valence-corrected chi connectivity index (χ1v) is 10.7. The van der Waals surface area contributed by atoms with Crippen LogP contribution in [-0.4, -0.2) is 41.8 Å². The third kappa shape index (κ3) is 3.88. The summed E-state index contributed by atoms with van der Waals surface area (Å²) in [7, 11) is 0. The van der Waals surface area contributed by atoms with Gasteiger partial charge in [-0.3, -0.25) is 19.7 Å². The average Bonchev–Trinajstić information content (AvgIpc) is 3.06. The summed E-state index contributed by atoms with van der Waals surface area (Å²) in [5.74, 6) is -0.780. The molecular weight excluding hydrogens is 368 g/mol. The Balaban J connectivity index is 1.44. The van der Waals surface area contributed by atoms with Crippen molar-refractivity contribution in [2.75, 3.05) is 18.4 Å². The molecule has 156 valence electrons. The molecule has 2 fully saturated rings. The molecule has 29 heavy (non-hydrogen) atoms. The first kappa shape index (κ1) is 19.9. The number of imide groups is 1. The summed E-state index contributed by atoms with van der Waals surface area (Å²) in [6, 6.07) is 5.11. The molecule has 7 heteroatoms. The Morgan fingerprint density at radius 2 is 1.97 bits per heavy atom. The number of nitrogens with two attached hydrogens (primary N) is 1. The molecule has 1 unspecified atom stereocenters. The number of fused-ring (bicyclic) bond motifs is 1. The van der Waals surface area contributed by atoms with Crippen molar-refractivity contribution in [2.24, 2.45) is 11.1 Å². The average molecular weight is 399 g/mol. The molecule has 1 saturated carbocycles. The molecule has 1 atom stereocenters. The van der Waals surface area contributed by atoms with Gasteiger partial charge >= 0.3 is 0 Å². The highest BCUT2D eigenvalue weighted by Gasteiger charge is 2.40. The fraction of sp³-hybridized carbons (Fsp3) is 0.591. The number of carbonyl (C=O) groups is 3. The Kier molecular flexibility index (Phi) is 5.58. The Morgan fingerprint density at radius 3 is 2.69 bits per heavy atom. The molecule has 4 N–H and O–H groups in total. The van der Waals surface area contributed by atoms with Crippen LogP contribution in [0, 0.1) is 5.41 Å². The lowest BCUT2D eigenvalue weighted by molar-refractivity contribution is -0.136. The Hall–Kier alpha value is -2.41. The van der Waals surface area contributed by atoms with Crippen LogP contribution >= 0.6 is 0 Å². The molecule has 0 spiro atoms. The van der Waals surface area contributed by atoms with E-state index in [2.05, 4.69) is 10.6 Å². The van der Waals surface area contributed by atoms with Crippen LogP contribution in [0.3, 0.4) is 0 Å². The van der Waals surface area contributed by atoms with Gasteiger partial charge in [0.1, 0.15) is 6.04 Å². The standard InChI is InChI=1S/C22H30N4O3/c23-14-22(9-2-1-3-10-22)11-12-24-17-6-4-5-15-16(17)13-26(21(15)29)18-7-8-19(27)25-20(18)28/h4-6,18,24H,1-3,7-14,23H2,(H,25,27,28). The van der Waals surface area contributed by atoms with Crippen molar-refractivity contribution in [1.29, 1.82) is 0 Å². The molecule has 1 aliphatic carbocycles. The van der Waals surface area contributed by atoms with Gasteiger partial charge < -0.3 is 16.0 Å². The summed E-state index contributed by atoms with van der Waals surface area (Å²) in [5.41, 5.74) is 8.88. The topological polar surface area (TPSA) is 105 Å². The summed E-state index contributed by atoms with van der Waals surface area (Å²) in [5, 5.41) is 5.87. The number of amides is 3. The van der Waals surface area contributed by atoms with Crippen molar-refractivity contribution >= 4 is 23.4 Å². The first-order valence-electron chi connectivity index (χ1n) is 10.7. The lowest BCUT2D eigenvalue weighted by Crippen LogP contribution is -2.52. The lowest BCUT2D eigenvalue weighted by Gasteiger charge is -2.36.